The highest BCUT2D eigenvalue weighted by Gasteiger charge is 2.40. The van der Waals surface area contributed by atoms with Crippen molar-refractivity contribution < 1.29 is 9.59 Å². The van der Waals surface area contributed by atoms with Crippen LogP contribution in [0.15, 0.2) is 121 Å². The van der Waals surface area contributed by atoms with Crippen molar-refractivity contribution in [3.63, 3.8) is 0 Å². The fourth-order valence-corrected chi connectivity index (χ4v) is 9.64. The number of Topliss-reactive ketones (excluding diaryl/α,β-unsaturated/α-hetero) is 2. The van der Waals surface area contributed by atoms with Gasteiger partial charge in [-0.15, -0.1) is 0 Å². The van der Waals surface area contributed by atoms with Gasteiger partial charge in [-0.05, 0) is 91.8 Å². The summed E-state index contributed by atoms with van der Waals surface area (Å²) in [6.07, 6.45) is 1.77. The van der Waals surface area contributed by atoms with Crippen LogP contribution >= 0.6 is 0 Å². The van der Waals surface area contributed by atoms with Gasteiger partial charge in [0.05, 0.1) is 25.0 Å². The van der Waals surface area contributed by atoms with Gasteiger partial charge in [0.25, 0.3) is 0 Å². The molecule has 0 fully saturated rings. The summed E-state index contributed by atoms with van der Waals surface area (Å²) in [5.41, 5.74) is 7.85. The van der Waals surface area contributed by atoms with Gasteiger partial charge in [0.15, 0.2) is 11.6 Å². The maximum Gasteiger partial charge on any atom is 0.197 e. The first-order valence-corrected chi connectivity index (χ1v) is 20.2. The third kappa shape index (κ3) is 4.68. The molecule has 8 rings (SSSR count). The predicted molar refractivity (Wildman–Crippen MR) is 208 cm³/mol. The molecule has 0 saturated carbocycles. The molecule has 4 heteroatoms. The Morgan fingerprint density at radius 2 is 1.27 bits per heavy atom. The van der Waals surface area contributed by atoms with Crippen LogP contribution in [0, 0.1) is 0 Å². The lowest BCUT2D eigenvalue weighted by molar-refractivity contribution is 0.0990. The SMILES string of the molecule is CC1(C)c2ccccc2N(c2ccc([Si](C)(C)C(C)(C)C)cc2)c2ccc3cc(C=C4C(=O)c5cc6ccccc6cc5C4=O)ccc3c21. The molecule has 1 heterocycles. The normalized spacial score (nSPS) is 15.4. The number of fused-ring (bicyclic) bond motifs is 6. The number of ketones is 2. The van der Waals surface area contributed by atoms with E-state index in [0.29, 0.717) is 11.1 Å². The molecule has 1 aliphatic heterocycles. The van der Waals surface area contributed by atoms with Crippen LogP contribution in [0.25, 0.3) is 27.6 Å². The van der Waals surface area contributed by atoms with E-state index >= 15 is 0 Å². The van der Waals surface area contributed by atoms with Crippen molar-refractivity contribution in [2.24, 2.45) is 0 Å². The van der Waals surface area contributed by atoms with Crippen LogP contribution in [0.5, 0.6) is 0 Å². The van der Waals surface area contributed by atoms with Gasteiger partial charge in [-0.3, -0.25) is 9.59 Å². The van der Waals surface area contributed by atoms with Gasteiger partial charge in [-0.25, -0.2) is 0 Å². The summed E-state index contributed by atoms with van der Waals surface area (Å²) in [6.45, 7) is 16.7. The molecule has 0 bridgehead atoms. The standard InChI is InChI=1S/C45H41NO2Si/c1-44(2,3)49(6,7)33-20-18-32(19-21-33)46-39-15-11-10-14-38(39)45(4,5)41-34-22-16-28(24-31(34)17-23-40(41)46)25-37-42(47)35-26-29-12-8-9-13-30(29)27-36(35)43(37)48/h8-27H,1-7H3. The second-order valence-corrected chi connectivity index (χ2v) is 21.1. The number of nitrogens with zero attached hydrogens (tertiary/aromatic N) is 1. The molecule has 242 valence electrons. The Hall–Kier alpha value is -5.06. The zero-order valence-corrected chi connectivity index (χ0v) is 30.3. The first kappa shape index (κ1) is 31.2. The Kier molecular flexibility index (Phi) is 6.83. The first-order chi connectivity index (χ1) is 23.3. The summed E-state index contributed by atoms with van der Waals surface area (Å²) in [7, 11) is -1.68. The molecule has 2 aliphatic rings. The monoisotopic (exact) mass is 655 g/mol. The minimum atomic E-state index is -1.68. The van der Waals surface area contributed by atoms with Gasteiger partial charge in [-0.2, -0.15) is 0 Å². The summed E-state index contributed by atoms with van der Waals surface area (Å²) < 4.78 is 0. The molecule has 6 aromatic carbocycles. The quantitative estimate of drug-likeness (QED) is 0.108. The van der Waals surface area contributed by atoms with Crippen LogP contribution in [0.2, 0.25) is 18.1 Å². The second kappa shape index (κ2) is 10.7. The van der Waals surface area contributed by atoms with Crippen LogP contribution in [0.1, 0.15) is 72.0 Å². The highest BCUT2D eigenvalue weighted by molar-refractivity contribution is 6.92. The third-order valence-corrected chi connectivity index (χ3v) is 17.1. The summed E-state index contributed by atoms with van der Waals surface area (Å²) in [6, 6.07) is 40.3. The largest absolute Gasteiger partial charge is 0.310 e. The smallest absolute Gasteiger partial charge is 0.197 e. The lowest BCUT2D eigenvalue weighted by atomic mass is 9.71. The number of allylic oxidation sites excluding steroid dienone is 1. The Bertz CT molecular complexity index is 2350. The molecular formula is C45H41NO2Si. The van der Waals surface area contributed by atoms with Gasteiger partial charge in [-0.1, -0.05) is 126 Å². The molecule has 3 nitrogen and oxygen atoms in total. The lowest BCUT2D eigenvalue weighted by Crippen LogP contribution is -2.49. The average Bonchev–Trinajstić information content (AvgIpc) is 3.30. The molecule has 1 aliphatic carbocycles. The van der Waals surface area contributed by atoms with Crippen LogP contribution in [0.4, 0.5) is 17.1 Å². The molecule has 0 radical (unpaired) electrons. The number of para-hydroxylation sites is 1. The molecule has 0 spiro atoms. The number of benzene rings is 6. The molecule has 0 saturated heterocycles. The molecule has 0 amide bonds. The van der Waals surface area contributed by atoms with E-state index in [1.807, 2.05) is 42.5 Å². The Labute approximate surface area is 289 Å². The van der Waals surface area contributed by atoms with Crippen molar-refractivity contribution in [2.75, 3.05) is 4.90 Å². The molecule has 0 atom stereocenters. The van der Waals surface area contributed by atoms with E-state index < -0.39 is 8.07 Å². The second-order valence-electron chi connectivity index (χ2n) is 15.8. The van der Waals surface area contributed by atoms with Gasteiger partial charge in [0, 0.05) is 22.2 Å². The minimum Gasteiger partial charge on any atom is -0.310 e. The van der Waals surface area contributed by atoms with E-state index in [9.17, 15) is 9.59 Å². The summed E-state index contributed by atoms with van der Waals surface area (Å²) in [4.78, 5) is 29.4. The summed E-state index contributed by atoms with van der Waals surface area (Å²) in [5.74, 6) is -0.409. The van der Waals surface area contributed by atoms with Gasteiger partial charge >= 0.3 is 0 Å². The van der Waals surface area contributed by atoms with Crippen molar-refractivity contribution in [2.45, 2.75) is 58.2 Å². The minimum absolute atomic E-state index is 0.204. The number of hydrogen-bond acceptors (Lipinski definition) is 3. The average molecular weight is 656 g/mol. The Balaban J connectivity index is 1.23. The molecular weight excluding hydrogens is 615 g/mol. The molecule has 0 aromatic heterocycles. The van der Waals surface area contributed by atoms with Crippen molar-refractivity contribution in [3.05, 3.63) is 149 Å². The van der Waals surface area contributed by atoms with E-state index in [-0.39, 0.29) is 27.6 Å². The summed E-state index contributed by atoms with van der Waals surface area (Å²) in [5, 5.41) is 5.89. The van der Waals surface area contributed by atoms with E-state index in [4.69, 9.17) is 0 Å². The molecule has 0 unspecified atom stereocenters. The zero-order valence-electron chi connectivity index (χ0n) is 29.3. The maximum absolute atomic E-state index is 13.5. The predicted octanol–water partition coefficient (Wildman–Crippen LogP) is 11.3. The van der Waals surface area contributed by atoms with Crippen LogP contribution in [0.3, 0.4) is 0 Å². The fraction of sp³-hybridized carbons (Fsp3) is 0.200. The van der Waals surface area contributed by atoms with Crippen LogP contribution in [-0.2, 0) is 5.41 Å². The van der Waals surface area contributed by atoms with Gasteiger partial charge in [0.1, 0.15) is 0 Å². The number of carbonyl (C=O) groups excluding carboxylic acids is 2. The maximum atomic E-state index is 13.5. The highest BCUT2D eigenvalue weighted by atomic mass is 28.3. The number of rotatable bonds is 3. The van der Waals surface area contributed by atoms with Crippen molar-refractivity contribution >= 4 is 69.5 Å². The van der Waals surface area contributed by atoms with Crippen molar-refractivity contribution in [1.82, 2.24) is 0 Å². The van der Waals surface area contributed by atoms with E-state index in [0.717, 1.165) is 27.4 Å². The third-order valence-electron chi connectivity index (χ3n) is 11.6. The number of anilines is 3. The van der Waals surface area contributed by atoms with Crippen molar-refractivity contribution in [1.29, 1.82) is 0 Å². The zero-order chi connectivity index (χ0) is 34.5. The molecule has 0 N–H and O–H groups in total. The van der Waals surface area contributed by atoms with E-state index in [1.54, 1.807) is 6.08 Å². The number of hydrogen-bond donors (Lipinski definition) is 0. The Morgan fingerprint density at radius 1 is 0.653 bits per heavy atom. The number of carbonyl (C=O) groups is 2. The fourth-order valence-electron chi connectivity index (χ4n) is 7.78. The lowest BCUT2D eigenvalue weighted by Gasteiger charge is -2.43. The van der Waals surface area contributed by atoms with Crippen LogP contribution in [-0.4, -0.2) is 19.6 Å². The highest BCUT2D eigenvalue weighted by Crippen LogP contribution is 2.54. The first-order valence-electron chi connectivity index (χ1n) is 17.2. The van der Waals surface area contributed by atoms with Crippen molar-refractivity contribution in [3.8, 4) is 0 Å². The van der Waals surface area contributed by atoms with Gasteiger partial charge < -0.3 is 4.90 Å². The van der Waals surface area contributed by atoms with Crippen LogP contribution < -0.4 is 10.1 Å². The summed E-state index contributed by atoms with van der Waals surface area (Å²) >= 11 is 0. The van der Waals surface area contributed by atoms with Gasteiger partial charge in [0.2, 0.25) is 0 Å². The topological polar surface area (TPSA) is 37.4 Å². The molecule has 6 aromatic rings. The Morgan fingerprint density at radius 3 is 1.90 bits per heavy atom. The molecule has 49 heavy (non-hydrogen) atoms. The van der Waals surface area contributed by atoms with E-state index in [1.165, 1.54) is 33.1 Å². The van der Waals surface area contributed by atoms with E-state index in [2.05, 4.69) is 125 Å².